The van der Waals surface area contributed by atoms with Crippen LogP contribution >= 0.6 is 15.9 Å². The fourth-order valence-corrected chi connectivity index (χ4v) is 2.00. The molecule has 1 amide bonds. The van der Waals surface area contributed by atoms with E-state index in [2.05, 4.69) is 31.4 Å². The zero-order valence-corrected chi connectivity index (χ0v) is 11.8. The minimum absolute atomic E-state index is 0.0371. The highest BCUT2D eigenvalue weighted by Gasteiger charge is 2.11. The van der Waals surface area contributed by atoms with Crippen LogP contribution < -0.4 is 5.32 Å². The minimum atomic E-state index is -0.0371. The Morgan fingerprint density at radius 1 is 1.33 bits per heavy atom. The normalized spacial score (nSPS) is 10.4. The smallest absolute Gasteiger partial charge is 0.228 e. The van der Waals surface area contributed by atoms with E-state index in [0.717, 1.165) is 27.1 Å². The number of benzene rings is 1. The monoisotopic (exact) mass is 307 g/mol. The molecule has 1 aromatic carbocycles. The van der Waals surface area contributed by atoms with Crippen LogP contribution in [0.1, 0.15) is 17.0 Å². The van der Waals surface area contributed by atoms with Crippen LogP contribution in [-0.4, -0.2) is 16.1 Å². The first-order valence-corrected chi connectivity index (χ1v) is 6.41. The van der Waals surface area contributed by atoms with Gasteiger partial charge in [0.2, 0.25) is 5.91 Å². The van der Waals surface area contributed by atoms with Gasteiger partial charge in [-0.1, -0.05) is 15.9 Å². The first-order valence-electron chi connectivity index (χ1n) is 5.62. The van der Waals surface area contributed by atoms with Gasteiger partial charge in [-0.05, 0) is 38.1 Å². The number of aromatic amines is 1. The second-order valence-electron chi connectivity index (χ2n) is 4.14. The molecule has 5 heteroatoms. The quantitative estimate of drug-likeness (QED) is 0.916. The second-order valence-corrected chi connectivity index (χ2v) is 5.06. The van der Waals surface area contributed by atoms with Gasteiger partial charge >= 0.3 is 0 Å². The molecule has 2 N–H and O–H groups in total. The highest BCUT2D eigenvalue weighted by atomic mass is 79.9. The number of nitrogens with zero attached hydrogens (tertiary/aromatic N) is 1. The van der Waals surface area contributed by atoms with Crippen molar-refractivity contribution in [2.24, 2.45) is 0 Å². The lowest BCUT2D eigenvalue weighted by molar-refractivity contribution is -0.115. The van der Waals surface area contributed by atoms with Crippen molar-refractivity contribution in [1.29, 1.82) is 0 Å². The number of carbonyl (C=O) groups is 1. The van der Waals surface area contributed by atoms with Crippen LogP contribution in [0.15, 0.2) is 28.7 Å². The number of rotatable bonds is 3. The van der Waals surface area contributed by atoms with Crippen molar-refractivity contribution in [3.05, 3.63) is 45.7 Å². The molecule has 0 spiro atoms. The SMILES string of the molecule is Cc1n[nH]c(C)c1CC(=O)Nc1ccc(Br)cc1. The highest BCUT2D eigenvalue weighted by molar-refractivity contribution is 9.10. The lowest BCUT2D eigenvalue weighted by Gasteiger charge is -2.05. The summed E-state index contributed by atoms with van der Waals surface area (Å²) in [6, 6.07) is 7.50. The molecule has 0 aliphatic carbocycles. The van der Waals surface area contributed by atoms with Gasteiger partial charge in [0.05, 0.1) is 12.1 Å². The number of halogens is 1. The number of hydrogen-bond donors (Lipinski definition) is 2. The molecule has 0 aliphatic heterocycles. The number of amides is 1. The van der Waals surface area contributed by atoms with Crippen LogP contribution in [0.4, 0.5) is 5.69 Å². The fraction of sp³-hybridized carbons (Fsp3) is 0.231. The summed E-state index contributed by atoms with van der Waals surface area (Å²) in [4.78, 5) is 11.9. The van der Waals surface area contributed by atoms with Gasteiger partial charge in [0.1, 0.15) is 0 Å². The van der Waals surface area contributed by atoms with Gasteiger partial charge in [-0.15, -0.1) is 0 Å². The van der Waals surface area contributed by atoms with Crippen molar-refractivity contribution in [1.82, 2.24) is 10.2 Å². The van der Waals surface area contributed by atoms with Crippen LogP contribution in [-0.2, 0) is 11.2 Å². The molecular weight excluding hydrogens is 294 g/mol. The second kappa shape index (κ2) is 5.35. The van der Waals surface area contributed by atoms with E-state index in [4.69, 9.17) is 0 Å². The lowest BCUT2D eigenvalue weighted by Crippen LogP contribution is -2.15. The Balaban J connectivity index is 2.03. The van der Waals surface area contributed by atoms with Crippen molar-refractivity contribution in [3.63, 3.8) is 0 Å². The summed E-state index contributed by atoms with van der Waals surface area (Å²) < 4.78 is 0.988. The molecule has 0 saturated heterocycles. The fourth-order valence-electron chi connectivity index (χ4n) is 1.73. The summed E-state index contributed by atoms with van der Waals surface area (Å²) in [7, 11) is 0. The van der Waals surface area contributed by atoms with Crippen LogP contribution in [0.2, 0.25) is 0 Å². The van der Waals surface area contributed by atoms with E-state index in [-0.39, 0.29) is 5.91 Å². The summed E-state index contributed by atoms with van der Waals surface area (Å²) in [6.45, 7) is 3.81. The molecule has 2 rings (SSSR count). The maximum atomic E-state index is 11.9. The molecule has 1 aromatic heterocycles. The minimum Gasteiger partial charge on any atom is -0.326 e. The van der Waals surface area contributed by atoms with Gasteiger partial charge < -0.3 is 5.32 Å². The predicted molar refractivity (Wildman–Crippen MR) is 74.5 cm³/mol. The molecule has 0 radical (unpaired) electrons. The van der Waals surface area contributed by atoms with Gasteiger partial charge in [0.25, 0.3) is 0 Å². The van der Waals surface area contributed by atoms with Crippen LogP contribution in [0.25, 0.3) is 0 Å². The Morgan fingerprint density at radius 3 is 2.56 bits per heavy atom. The number of nitrogens with one attached hydrogen (secondary N) is 2. The first kappa shape index (κ1) is 12.8. The number of H-pyrrole nitrogens is 1. The number of anilines is 1. The molecule has 0 bridgehead atoms. The lowest BCUT2D eigenvalue weighted by atomic mass is 10.1. The Labute approximate surface area is 114 Å². The summed E-state index contributed by atoms with van der Waals surface area (Å²) >= 11 is 3.35. The van der Waals surface area contributed by atoms with E-state index in [0.29, 0.717) is 6.42 Å². The van der Waals surface area contributed by atoms with Crippen molar-refractivity contribution in [2.75, 3.05) is 5.32 Å². The van der Waals surface area contributed by atoms with Crippen LogP contribution in [0, 0.1) is 13.8 Å². The Morgan fingerprint density at radius 2 is 2.00 bits per heavy atom. The number of hydrogen-bond acceptors (Lipinski definition) is 2. The maximum absolute atomic E-state index is 11.9. The highest BCUT2D eigenvalue weighted by Crippen LogP contribution is 2.15. The molecule has 0 saturated carbocycles. The zero-order valence-electron chi connectivity index (χ0n) is 10.2. The summed E-state index contributed by atoms with van der Waals surface area (Å²) in [6.07, 6.45) is 0.338. The standard InChI is InChI=1S/C13H14BrN3O/c1-8-12(9(2)17-16-8)7-13(18)15-11-5-3-10(14)4-6-11/h3-6H,7H2,1-2H3,(H,15,18)(H,16,17). The van der Waals surface area contributed by atoms with E-state index in [9.17, 15) is 4.79 Å². The molecule has 4 nitrogen and oxygen atoms in total. The van der Waals surface area contributed by atoms with Crippen molar-refractivity contribution in [2.45, 2.75) is 20.3 Å². The van der Waals surface area contributed by atoms with Gasteiger partial charge in [-0.2, -0.15) is 5.10 Å². The third kappa shape index (κ3) is 2.98. The largest absolute Gasteiger partial charge is 0.326 e. The van der Waals surface area contributed by atoms with E-state index < -0.39 is 0 Å². The average molecular weight is 308 g/mol. The zero-order chi connectivity index (χ0) is 13.1. The van der Waals surface area contributed by atoms with Crippen LogP contribution in [0.5, 0.6) is 0 Å². The molecule has 0 atom stereocenters. The molecule has 0 unspecified atom stereocenters. The Kier molecular flexibility index (Phi) is 3.81. The van der Waals surface area contributed by atoms with Crippen molar-refractivity contribution >= 4 is 27.5 Å². The summed E-state index contributed by atoms with van der Waals surface area (Å²) in [5.74, 6) is -0.0371. The number of aromatic nitrogens is 2. The van der Waals surface area contributed by atoms with E-state index >= 15 is 0 Å². The molecule has 2 aromatic rings. The Bertz CT molecular complexity index is 541. The Hall–Kier alpha value is -1.62. The summed E-state index contributed by atoms with van der Waals surface area (Å²) in [5.41, 5.74) is 3.57. The number of carbonyl (C=O) groups excluding carboxylic acids is 1. The van der Waals surface area contributed by atoms with E-state index in [1.54, 1.807) is 0 Å². The molecule has 18 heavy (non-hydrogen) atoms. The third-order valence-electron chi connectivity index (χ3n) is 2.75. The molecule has 0 fully saturated rings. The topological polar surface area (TPSA) is 57.8 Å². The van der Waals surface area contributed by atoms with Crippen molar-refractivity contribution in [3.8, 4) is 0 Å². The molecule has 0 aliphatic rings. The van der Waals surface area contributed by atoms with Crippen LogP contribution in [0.3, 0.4) is 0 Å². The van der Waals surface area contributed by atoms with Crippen molar-refractivity contribution < 1.29 is 4.79 Å². The van der Waals surface area contributed by atoms with E-state index in [1.807, 2.05) is 38.1 Å². The maximum Gasteiger partial charge on any atom is 0.228 e. The third-order valence-corrected chi connectivity index (χ3v) is 3.27. The molecule has 1 heterocycles. The van der Waals surface area contributed by atoms with Gasteiger partial charge in [-0.3, -0.25) is 9.89 Å². The predicted octanol–water partition coefficient (Wildman–Crippen LogP) is 2.97. The molecule has 94 valence electrons. The molecular formula is C13H14BrN3O. The van der Waals surface area contributed by atoms with Gasteiger partial charge in [0.15, 0.2) is 0 Å². The number of aryl methyl sites for hydroxylation is 2. The summed E-state index contributed by atoms with van der Waals surface area (Å²) in [5, 5.41) is 9.81. The van der Waals surface area contributed by atoms with Gasteiger partial charge in [-0.25, -0.2) is 0 Å². The van der Waals surface area contributed by atoms with Gasteiger partial charge in [0, 0.05) is 21.4 Å². The van der Waals surface area contributed by atoms with E-state index in [1.165, 1.54) is 0 Å². The average Bonchev–Trinajstić information content (AvgIpc) is 2.64. The first-order chi connectivity index (χ1) is 8.56.